The molecule has 1 aromatic carbocycles. The van der Waals surface area contributed by atoms with Gasteiger partial charge in [0.15, 0.2) is 0 Å². The highest BCUT2D eigenvalue weighted by Crippen LogP contribution is 2.18. The van der Waals surface area contributed by atoms with Crippen LogP contribution in [0.4, 0.5) is 4.39 Å². The van der Waals surface area contributed by atoms with E-state index in [-0.39, 0.29) is 30.2 Å². The Morgan fingerprint density at radius 3 is 2.64 bits per heavy atom. The number of nitrogens with zero attached hydrogens (tertiary/aromatic N) is 2. The highest BCUT2D eigenvalue weighted by Gasteiger charge is 2.19. The number of hydrogen-bond donors (Lipinski definition) is 1. The molecule has 1 aromatic heterocycles. The lowest BCUT2D eigenvalue weighted by molar-refractivity contribution is 0.0947. The summed E-state index contributed by atoms with van der Waals surface area (Å²) in [7, 11) is -3.50. The molecule has 9 heteroatoms. The van der Waals surface area contributed by atoms with Gasteiger partial charge in [-0.2, -0.15) is 4.31 Å². The van der Waals surface area contributed by atoms with Gasteiger partial charge < -0.3 is 5.32 Å². The molecule has 0 unspecified atom stereocenters. The van der Waals surface area contributed by atoms with Crippen molar-refractivity contribution in [1.29, 1.82) is 0 Å². The molecule has 0 aliphatic heterocycles. The third kappa shape index (κ3) is 5.48. The van der Waals surface area contributed by atoms with Crippen LogP contribution in [-0.2, 0) is 16.6 Å². The smallest absolute Gasteiger partial charge is 0.255 e. The summed E-state index contributed by atoms with van der Waals surface area (Å²) in [6.07, 6.45) is 2.64. The van der Waals surface area contributed by atoms with Crippen LogP contribution in [0.25, 0.3) is 0 Å². The first kappa shape index (κ1) is 19.3. The van der Waals surface area contributed by atoms with Crippen molar-refractivity contribution in [1.82, 2.24) is 14.6 Å². The van der Waals surface area contributed by atoms with E-state index in [9.17, 15) is 17.6 Å². The number of rotatable bonds is 7. The van der Waals surface area contributed by atoms with Gasteiger partial charge in [-0.15, -0.1) is 0 Å². The summed E-state index contributed by atoms with van der Waals surface area (Å²) in [5.74, 6) is -1.44. The number of halogens is 2. The van der Waals surface area contributed by atoms with Crippen LogP contribution in [0.5, 0.6) is 0 Å². The van der Waals surface area contributed by atoms with Gasteiger partial charge >= 0.3 is 0 Å². The van der Waals surface area contributed by atoms with Crippen molar-refractivity contribution in [3.8, 4) is 0 Å². The van der Waals surface area contributed by atoms with E-state index in [2.05, 4.69) is 10.3 Å². The van der Waals surface area contributed by atoms with Crippen LogP contribution in [0.15, 0.2) is 42.6 Å². The fraction of sp³-hybridized carbons (Fsp3) is 0.250. The number of aromatic nitrogens is 1. The van der Waals surface area contributed by atoms with Gasteiger partial charge in [0.25, 0.3) is 5.91 Å². The third-order valence-corrected chi connectivity index (χ3v) is 4.93. The van der Waals surface area contributed by atoms with E-state index < -0.39 is 21.7 Å². The highest BCUT2D eigenvalue weighted by molar-refractivity contribution is 7.88. The molecule has 2 rings (SSSR count). The Balaban J connectivity index is 2.00. The first-order chi connectivity index (χ1) is 11.8. The average Bonchev–Trinajstić information content (AvgIpc) is 2.54. The Labute approximate surface area is 150 Å². The molecule has 1 amide bonds. The van der Waals surface area contributed by atoms with E-state index in [0.29, 0.717) is 5.69 Å². The Morgan fingerprint density at radius 1 is 1.28 bits per heavy atom. The van der Waals surface area contributed by atoms with Crippen molar-refractivity contribution in [2.45, 2.75) is 6.54 Å². The Kier molecular flexibility index (Phi) is 6.46. The lowest BCUT2D eigenvalue weighted by Gasteiger charge is -2.19. The van der Waals surface area contributed by atoms with Gasteiger partial charge in [-0.3, -0.25) is 9.78 Å². The van der Waals surface area contributed by atoms with Crippen LogP contribution in [0.1, 0.15) is 16.1 Å². The molecule has 1 heterocycles. The Hall–Kier alpha value is -2.03. The molecule has 1 N–H and O–H groups in total. The van der Waals surface area contributed by atoms with Crippen molar-refractivity contribution < 1.29 is 17.6 Å². The van der Waals surface area contributed by atoms with Crippen LogP contribution in [0, 0.1) is 5.82 Å². The van der Waals surface area contributed by atoms with E-state index in [1.165, 1.54) is 16.4 Å². The van der Waals surface area contributed by atoms with Gasteiger partial charge in [-0.05, 0) is 24.3 Å². The molecule has 0 aliphatic rings. The second-order valence-corrected chi connectivity index (χ2v) is 7.66. The molecule has 134 valence electrons. The second-order valence-electron chi connectivity index (χ2n) is 5.27. The maximum absolute atomic E-state index is 13.7. The van der Waals surface area contributed by atoms with Gasteiger partial charge in [0.1, 0.15) is 5.82 Å². The van der Waals surface area contributed by atoms with Crippen LogP contribution in [0.3, 0.4) is 0 Å². The quantitative estimate of drug-likeness (QED) is 0.791. The fourth-order valence-corrected chi connectivity index (χ4v) is 3.17. The van der Waals surface area contributed by atoms with Crippen LogP contribution in [-0.4, -0.2) is 43.0 Å². The van der Waals surface area contributed by atoms with Gasteiger partial charge in [0.05, 0.1) is 29.1 Å². The number of benzene rings is 1. The normalized spacial score (nSPS) is 11.5. The standard InChI is InChI=1S/C16H17ClFN3O3S/c1-25(23,24)21(11-12-5-2-3-8-19-12)10-9-20-16(22)15-13(17)6-4-7-14(15)18/h2-8H,9-11H2,1H3,(H,20,22). The zero-order valence-corrected chi connectivity index (χ0v) is 15.0. The zero-order chi connectivity index (χ0) is 18.4. The number of carbonyl (C=O) groups is 1. The van der Waals surface area contributed by atoms with Crippen molar-refractivity contribution in [2.75, 3.05) is 19.3 Å². The second kappa shape index (κ2) is 8.37. The number of hydrogen-bond acceptors (Lipinski definition) is 4. The summed E-state index contributed by atoms with van der Waals surface area (Å²) in [5, 5.41) is 2.47. The first-order valence-corrected chi connectivity index (χ1v) is 9.59. The van der Waals surface area contributed by atoms with Crippen LogP contribution in [0.2, 0.25) is 5.02 Å². The van der Waals surface area contributed by atoms with E-state index in [1.807, 2.05) is 0 Å². The van der Waals surface area contributed by atoms with Gasteiger partial charge in [0, 0.05) is 19.3 Å². The molecule has 0 saturated carbocycles. The van der Waals surface area contributed by atoms with Gasteiger partial charge in [0.2, 0.25) is 10.0 Å². The summed E-state index contributed by atoms with van der Waals surface area (Å²) in [5.41, 5.74) is 0.316. The Bertz CT molecular complexity index is 827. The van der Waals surface area contributed by atoms with Crippen molar-refractivity contribution in [2.24, 2.45) is 0 Å². The van der Waals surface area contributed by atoms with E-state index in [4.69, 9.17) is 11.6 Å². The number of nitrogens with one attached hydrogen (secondary N) is 1. The minimum atomic E-state index is -3.50. The van der Waals surface area contributed by atoms with Gasteiger partial charge in [-0.25, -0.2) is 12.8 Å². The van der Waals surface area contributed by atoms with Crippen molar-refractivity contribution in [3.63, 3.8) is 0 Å². The first-order valence-electron chi connectivity index (χ1n) is 7.36. The topological polar surface area (TPSA) is 79.4 Å². The number of carbonyl (C=O) groups excluding carboxylic acids is 1. The maximum atomic E-state index is 13.7. The summed E-state index contributed by atoms with van der Waals surface area (Å²) < 4.78 is 38.7. The lowest BCUT2D eigenvalue weighted by Crippen LogP contribution is -2.38. The molecule has 0 aliphatic carbocycles. The van der Waals surface area contributed by atoms with Crippen LogP contribution >= 0.6 is 11.6 Å². The molecule has 0 fully saturated rings. The molecular weight excluding hydrogens is 369 g/mol. The lowest BCUT2D eigenvalue weighted by atomic mass is 10.2. The molecule has 0 bridgehead atoms. The largest absolute Gasteiger partial charge is 0.351 e. The SMILES string of the molecule is CS(=O)(=O)N(CCNC(=O)c1c(F)cccc1Cl)Cc1ccccn1. The third-order valence-electron chi connectivity index (χ3n) is 3.37. The molecule has 6 nitrogen and oxygen atoms in total. The number of pyridine rings is 1. The molecule has 0 atom stereocenters. The maximum Gasteiger partial charge on any atom is 0.255 e. The summed E-state index contributed by atoms with van der Waals surface area (Å²) in [4.78, 5) is 16.1. The van der Waals surface area contributed by atoms with Gasteiger partial charge in [-0.1, -0.05) is 23.7 Å². The molecule has 0 saturated heterocycles. The molecule has 0 spiro atoms. The fourth-order valence-electron chi connectivity index (χ4n) is 2.13. The summed E-state index contributed by atoms with van der Waals surface area (Å²) in [6.45, 7) is 0.104. The zero-order valence-electron chi connectivity index (χ0n) is 13.4. The summed E-state index contributed by atoms with van der Waals surface area (Å²) in [6, 6.07) is 9.12. The minimum Gasteiger partial charge on any atom is -0.351 e. The van der Waals surface area contributed by atoms with E-state index in [1.54, 1.807) is 24.4 Å². The summed E-state index contributed by atoms with van der Waals surface area (Å²) >= 11 is 5.83. The predicted octanol–water partition coefficient (Wildman–Crippen LogP) is 2.07. The van der Waals surface area contributed by atoms with E-state index >= 15 is 0 Å². The van der Waals surface area contributed by atoms with Crippen molar-refractivity contribution >= 4 is 27.5 Å². The van der Waals surface area contributed by atoms with E-state index in [0.717, 1.165) is 12.3 Å². The average molecular weight is 386 g/mol. The molecule has 25 heavy (non-hydrogen) atoms. The highest BCUT2D eigenvalue weighted by atomic mass is 35.5. The molecule has 2 aromatic rings. The number of sulfonamides is 1. The molecule has 0 radical (unpaired) electrons. The van der Waals surface area contributed by atoms with Crippen molar-refractivity contribution in [3.05, 3.63) is 64.7 Å². The van der Waals surface area contributed by atoms with Crippen LogP contribution < -0.4 is 5.32 Å². The predicted molar refractivity (Wildman–Crippen MR) is 93.2 cm³/mol. The number of amides is 1. The minimum absolute atomic E-state index is 0.00337. The Morgan fingerprint density at radius 2 is 2.04 bits per heavy atom. The monoisotopic (exact) mass is 385 g/mol. The molecular formula is C16H17ClFN3O3S.